The molecule has 6 nitrogen and oxygen atoms in total. The fourth-order valence-electron chi connectivity index (χ4n) is 4.49. The van der Waals surface area contributed by atoms with Gasteiger partial charge in [0.25, 0.3) is 11.8 Å². The lowest BCUT2D eigenvalue weighted by molar-refractivity contribution is 0.0737. The first-order valence-corrected chi connectivity index (χ1v) is 12.2. The number of hydrogen-bond donors (Lipinski definition) is 3. The van der Waals surface area contributed by atoms with Crippen LogP contribution in [0.1, 0.15) is 65.8 Å². The summed E-state index contributed by atoms with van der Waals surface area (Å²) in [6.07, 6.45) is 3.51. The van der Waals surface area contributed by atoms with Gasteiger partial charge in [0.1, 0.15) is 0 Å². The molecular weight excluding hydrogens is 414 g/mol. The van der Waals surface area contributed by atoms with Crippen molar-refractivity contribution in [2.45, 2.75) is 64.1 Å². The number of carbonyl (C=O) groups excluding carboxylic acids is 2. The quantitative estimate of drug-likeness (QED) is 0.489. The lowest BCUT2D eigenvalue weighted by Crippen LogP contribution is -2.52. The maximum absolute atomic E-state index is 13.2. The molecule has 178 valence electrons. The van der Waals surface area contributed by atoms with Crippen LogP contribution in [0.15, 0.2) is 54.6 Å². The Morgan fingerprint density at radius 3 is 2.39 bits per heavy atom. The maximum atomic E-state index is 13.2. The normalized spacial score (nSPS) is 17.4. The van der Waals surface area contributed by atoms with Crippen molar-refractivity contribution in [3.63, 3.8) is 0 Å². The van der Waals surface area contributed by atoms with Crippen molar-refractivity contribution in [1.29, 1.82) is 0 Å². The lowest BCUT2D eigenvalue weighted by atomic mass is 9.95. The topological polar surface area (TPSA) is 81.7 Å². The predicted octanol–water partition coefficient (Wildman–Crippen LogP) is 3.40. The van der Waals surface area contributed by atoms with E-state index < -0.39 is 12.1 Å². The van der Waals surface area contributed by atoms with Crippen LogP contribution in [0.5, 0.6) is 0 Å². The third-order valence-corrected chi connectivity index (χ3v) is 6.18. The van der Waals surface area contributed by atoms with E-state index in [4.69, 9.17) is 0 Å². The minimum absolute atomic E-state index is 0.0384. The van der Waals surface area contributed by atoms with Gasteiger partial charge in [-0.2, -0.15) is 0 Å². The van der Waals surface area contributed by atoms with Crippen LogP contribution in [0.2, 0.25) is 0 Å². The molecule has 0 radical (unpaired) electrons. The van der Waals surface area contributed by atoms with E-state index in [9.17, 15) is 14.7 Å². The number of rotatable bonds is 11. The summed E-state index contributed by atoms with van der Waals surface area (Å²) < 4.78 is 0. The average molecular weight is 452 g/mol. The molecule has 1 saturated heterocycles. The number of benzene rings is 2. The van der Waals surface area contributed by atoms with Crippen LogP contribution in [0.4, 0.5) is 0 Å². The van der Waals surface area contributed by atoms with Crippen LogP contribution in [-0.2, 0) is 6.42 Å². The molecule has 1 heterocycles. The van der Waals surface area contributed by atoms with E-state index in [1.54, 1.807) is 24.3 Å². The molecule has 3 atom stereocenters. The second kappa shape index (κ2) is 12.5. The summed E-state index contributed by atoms with van der Waals surface area (Å²) in [5.41, 5.74) is 2.00. The van der Waals surface area contributed by atoms with Crippen LogP contribution in [0, 0.1) is 0 Å². The van der Waals surface area contributed by atoms with Crippen LogP contribution in [0.25, 0.3) is 0 Å². The van der Waals surface area contributed by atoms with Gasteiger partial charge in [-0.15, -0.1) is 0 Å². The fourth-order valence-corrected chi connectivity index (χ4v) is 4.49. The van der Waals surface area contributed by atoms with Crippen LogP contribution >= 0.6 is 0 Å². The highest BCUT2D eigenvalue weighted by molar-refractivity contribution is 5.99. The van der Waals surface area contributed by atoms with Gasteiger partial charge in [0.05, 0.1) is 12.1 Å². The summed E-state index contributed by atoms with van der Waals surface area (Å²) in [6, 6.07) is 16.3. The van der Waals surface area contributed by atoms with Crippen molar-refractivity contribution in [2.24, 2.45) is 0 Å². The zero-order valence-electron chi connectivity index (χ0n) is 19.8. The van der Waals surface area contributed by atoms with Gasteiger partial charge in [-0.05, 0) is 62.4 Å². The van der Waals surface area contributed by atoms with Crippen molar-refractivity contribution in [2.75, 3.05) is 19.6 Å². The first-order valence-electron chi connectivity index (χ1n) is 12.2. The fraction of sp³-hybridized carbons (Fsp3) is 0.481. The first kappa shape index (κ1) is 24.9. The molecule has 0 saturated carbocycles. The molecule has 1 aliphatic rings. The van der Waals surface area contributed by atoms with Gasteiger partial charge >= 0.3 is 0 Å². The monoisotopic (exact) mass is 451 g/mol. The van der Waals surface area contributed by atoms with Crippen LogP contribution in [0.3, 0.4) is 0 Å². The number of aliphatic hydroxyl groups is 1. The van der Waals surface area contributed by atoms with Gasteiger partial charge < -0.3 is 20.6 Å². The number of nitrogens with zero attached hydrogens (tertiary/aromatic N) is 1. The molecule has 1 aliphatic heterocycles. The number of hydrogen-bond acceptors (Lipinski definition) is 4. The summed E-state index contributed by atoms with van der Waals surface area (Å²) >= 11 is 0. The summed E-state index contributed by atoms with van der Waals surface area (Å²) in [5.74, 6) is -0.329. The number of amides is 2. The van der Waals surface area contributed by atoms with Crippen molar-refractivity contribution < 1.29 is 14.7 Å². The molecule has 3 N–H and O–H groups in total. The van der Waals surface area contributed by atoms with E-state index >= 15 is 0 Å². The lowest BCUT2D eigenvalue weighted by Gasteiger charge is -2.29. The minimum Gasteiger partial charge on any atom is -0.389 e. The van der Waals surface area contributed by atoms with Crippen molar-refractivity contribution in [3.05, 3.63) is 71.3 Å². The largest absolute Gasteiger partial charge is 0.389 e. The van der Waals surface area contributed by atoms with Crippen molar-refractivity contribution >= 4 is 11.8 Å². The number of nitrogens with one attached hydrogen (secondary N) is 2. The second-order valence-corrected chi connectivity index (χ2v) is 8.84. The Kier molecular flexibility index (Phi) is 9.46. The zero-order chi connectivity index (χ0) is 23.6. The number of carbonyl (C=O) groups is 2. The van der Waals surface area contributed by atoms with E-state index in [1.165, 1.54) is 0 Å². The molecule has 1 fully saturated rings. The Hall–Kier alpha value is -2.70. The Morgan fingerprint density at radius 1 is 1.06 bits per heavy atom. The molecule has 0 aliphatic carbocycles. The molecule has 2 amide bonds. The van der Waals surface area contributed by atoms with E-state index in [1.807, 2.05) is 35.2 Å². The minimum atomic E-state index is -0.703. The molecule has 33 heavy (non-hydrogen) atoms. The second-order valence-electron chi connectivity index (χ2n) is 8.84. The summed E-state index contributed by atoms with van der Waals surface area (Å²) in [5, 5.41) is 17.5. The molecular formula is C27H37N3O3. The summed E-state index contributed by atoms with van der Waals surface area (Å²) in [4.78, 5) is 28.0. The van der Waals surface area contributed by atoms with Gasteiger partial charge in [0.2, 0.25) is 0 Å². The highest BCUT2D eigenvalue weighted by Gasteiger charge is 2.31. The maximum Gasteiger partial charge on any atom is 0.253 e. The average Bonchev–Trinajstić information content (AvgIpc) is 3.38. The van der Waals surface area contributed by atoms with Gasteiger partial charge in [0, 0.05) is 30.3 Å². The van der Waals surface area contributed by atoms with Crippen LogP contribution < -0.4 is 10.6 Å². The third-order valence-electron chi connectivity index (χ3n) is 6.18. The molecule has 0 unspecified atom stereocenters. The SMILES string of the molecule is CCCN(CCC)C(=O)c1cccc(C(=O)N[C@@H](Cc2ccccc2)[C@H](O)[C@H]2CCCN2)c1. The molecule has 0 spiro atoms. The number of aliphatic hydroxyl groups excluding tert-OH is 1. The Bertz CT molecular complexity index is 890. The Morgan fingerprint density at radius 2 is 1.76 bits per heavy atom. The van der Waals surface area contributed by atoms with Crippen molar-refractivity contribution in [3.8, 4) is 0 Å². The summed E-state index contributed by atoms with van der Waals surface area (Å²) in [7, 11) is 0. The molecule has 2 aromatic carbocycles. The van der Waals surface area contributed by atoms with Crippen molar-refractivity contribution in [1.82, 2.24) is 15.5 Å². The molecule has 0 bridgehead atoms. The van der Waals surface area contributed by atoms with E-state index in [-0.39, 0.29) is 17.9 Å². The van der Waals surface area contributed by atoms with Gasteiger partial charge in [-0.25, -0.2) is 0 Å². The van der Waals surface area contributed by atoms with Gasteiger partial charge in [-0.3, -0.25) is 9.59 Å². The van der Waals surface area contributed by atoms with Crippen LogP contribution in [-0.4, -0.2) is 59.6 Å². The highest BCUT2D eigenvalue weighted by atomic mass is 16.3. The molecule has 3 rings (SSSR count). The van der Waals surface area contributed by atoms with E-state index in [0.717, 1.165) is 37.8 Å². The molecule has 2 aromatic rings. The third kappa shape index (κ3) is 6.89. The van der Waals surface area contributed by atoms with E-state index in [0.29, 0.717) is 30.6 Å². The predicted molar refractivity (Wildman–Crippen MR) is 131 cm³/mol. The highest BCUT2D eigenvalue weighted by Crippen LogP contribution is 2.17. The van der Waals surface area contributed by atoms with E-state index in [2.05, 4.69) is 24.5 Å². The molecule has 6 heteroatoms. The standard InChI is InChI=1S/C27H37N3O3/c1-3-16-30(17-4-2)27(33)22-13-8-12-21(19-22)26(32)29-24(18-20-10-6-5-7-11-20)25(31)23-14-9-15-28-23/h5-8,10-13,19,23-25,28,31H,3-4,9,14-18H2,1-2H3,(H,29,32)/t23-,24+,25-/m1/s1. The van der Waals surface area contributed by atoms with Gasteiger partial charge in [-0.1, -0.05) is 50.2 Å². The summed E-state index contributed by atoms with van der Waals surface area (Å²) in [6.45, 7) is 6.38. The zero-order valence-corrected chi connectivity index (χ0v) is 19.8. The Balaban J connectivity index is 1.77. The smallest absolute Gasteiger partial charge is 0.253 e. The van der Waals surface area contributed by atoms with Gasteiger partial charge in [0.15, 0.2) is 0 Å². The Labute approximate surface area is 197 Å². The molecule has 0 aromatic heterocycles. The first-order chi connectivity index (χ1) is 16.0.